The van der Waals surface area contributed by atoms with Crippen LogP contribution in [0.15, 0.2) is 34.4 Å². The van der Waals surface area contributed by atoms with E-state index >= 15 is 0 Å². The summed E-state index contributed by atoms with van der Waals surface area (Å²) in [6.07, 6.45) is 0.0956. The number of halogens is 1. The van der Waals surface area contributed by atoms with Crippen molar-refractivity contribution in [2.45, 2.75) is 19.9 Å². The first-order valence-corrected chi connectivity index (χ1v) is 7.73. The van der Waals surface area contributed by atoms with E-state index in [1.165, 1.54) is 4.57 Å². The van der Waals surface area contributed by atoms with Crippen LogP contribution in [-0.2, 0) is 11.3 Å². The number of hydrogen-bond donors (Lipinski definition) is 2. The second-order valence-electron chi connectivity index (χ2n) is 4.55. The molecule has 0 aliphatic heterocycles. The predicted molar refractivity (Wildman–Crippen MR) is 85.0 cm³/mol. The standard InChI is InChI=1S/C14H14ClN3O3S/c1-9-8-22-14(21)18(9)7-6-12(19)16-17-13(20)10-2-4-11(15)5-3-10/h2-5,8H,6-7H2,1H3,(H,16,19)(H,17,20). The average molecular weight is 340 g/mol. The third-order valence-corrected chi connectivity index (χ3v) is 4.09. The largest absolute Gasteiger partial charge is 0.307 e. The Hall–Kier alpha value is -2.12. The van der Waals surface area contributed by atoms with E-state index in [1.54, 1.807) is 36.6 Å². The summed E-state index contributed by atoms with van der Waals surface area (Å²) >= 11 is 6.83. The maximum absolute atomic E-state index is 11.8. The first-order valence-electron chi connectivity index (χ1n) is 6.47. The minimum atomic E-state index is -0.436. The Morgan fingerprint density at radius 1 is 1.23 bits per heavy atom. The van der Waals surface area contributed by atoms with Gasteiger partial charge in [-0.05, 0) is 31.2 Å². The van der Waals surface area contributed by atoms with Crippen LogP contribution in [0.2, 0.25) is 5.02 Å². The normalized spacial score (nSPS) is 10.3. The quantitative estimate of drug-likeness (QED) is 0.832. The second-order valence-corrected chi connectivity index (χ2v) is 5.81. The smallest absolute Gasteiger partial charge is 0.303 e. The Morgan fingerprint density at radius 3 is 2.50 bits per heavy atom. The maximum Gasteiger partial charge on any atom is 0.307 e. The number of aromatic nitrogens is 1. The van der Waals surface area contributed by atoms with Crippen LogP contribution in [0.3, 0.4) is 0 Å². The van der Waals surface area contributed by atoms with Gasteiger partial charge in [-0.2, -0.15) is 0 Å². The highest BCUT2D eigenvalue weighted by Crippen LogP contribution is 2.09. The topological polar surface area (TPSA) is 80.2 Å². The number of hydrogen-bond acceptors (Lipinski definition) is 4. The van der Waals surface area contributed by atoms with E-state index in [4.69, 9.17) is 11.6 Å². The van der Waals surface area contributed by atoms with Gasteiger partial charge in [0.1, 0.15) is 0 Å². The number of carbonyl (C=O) groups excluding carboxylic acids is 2. The number of aryl methyl sites for hydroxylation is 1. The molecule has 0 spiro atoms. The third kappa shape index (κ3) is 4.19. The monoisotopic (exact) mass is 339 g/mol. The Bertz CT molecular complexity index is 737. The van der Waals surface area contributed by atoms with Gasteiger partial charge in [-0.15, -0.1) is 0 Å². The molecule has 0 radical (unpaired) electrons. The van der Waals surface area contributed by atoms with Crippen LogP contribution in [0.1, 0.15) is 22.5 Å². The lowest BCUT2D eigenvalue weighted by atomic mass is 10.2. The zero-order chi connectivity index (χ0) is 16.1. The summed E-state index contributed by atoms with van der Waals surface area (Å²) in [6.45, 7) is 2.08. The third-order valence-electron chi connectivity index (χ3n) is 2.96. The van der Waals surface area contributed by atoms with Gasteiger partial charge in [-0.25, -0.2) is 0 Å². The number of thiazole rings is 1. The average Bonchev–Trinajstić information content (AvgIpc) is 2.82. The van der Waals surface area contributed by atoms with Crippen molar-refractivity contribution in [2.75, 3.05) is 0 Å². The van der Waals surface area contributed by atoms with E-state index in [1.807, 2.05) is 0 Å². The van der Waals surface area contributed by atoms with Crippen LogP contribution in [0.4, 0.5) is 0 Å². The van der Waals surface area contributed by atoms with Gasteiger partial charge in [-0.1, -0.05) is 22.9 Å². The summed E-state index contributed by atoms with van der Waals surface area (Å²) < 4.78 is 1.52. The highest BCUT2D eigenvalue weighted by Gasteiger charge is 2.09. The first kappa shape index (κ1) is 16.3. The number of benzene rings is 1. The Kier molecular flexibility index (Phi) is 5.35. The molecule has 1 aromatic carbocycles. The van der Waals surface area contributed by atoms with Gasteiger partial charge >= 0.3 is 4.87 Å². The second kappa shape index (κ2) is 7.24. The van der Waals surface area contributed by atoms with Gasteiger partial charge < -0.3 is 4.57 Å². The molecule has 1 heterocycles. The lowest BCUT2D eigenvalue weighted by Crippen LogP contribution is -2.42. The number of nitrogens with one attached hydrogen (secondary N) is 2. The highest BCUT2D eigenvalue weighted by molar-refractivity contribution is 7.07. The summed E-state index contributed by atoms with van der Waals surface area (Å²) in [6, 6.07) is 6.28. The van der Waals surface area contributed by atoms with Crippen molar-refractivity contribution >= 4 is 34.8 Å². The summed E-state index contributed by atoms with van der Waals surface area (Å²) in [7, 11) is 0. The molecule has 0 saturated heterocycles. The zero-order valence-electron chi connectivity index (χ0n) is 11.8. The van der Waals surface area contributed by atoms with E-state index in [0.717, 1.165) is 17.0 Å². The SMILES string of the molecule is Cc1csc(=O)n1CCC(=O)NNC(=O)c1ccc(Cl)cc1. The van der Waals surface area contributed by atoms with Crippen LogP contribution < -0.4 is 15.7 Å². The van der Waals surface area contributed by atoms with Crippen molar-refractivity contribution < 1.29 is 9.59 Å². The van der Waals surface area contributed by atoms with E-state index in [2.05, 4.69) is 10.9 Å². The Morgan fingerprint density at radius 2 is 1.91 bits per heavy atom. The molecule has 1 aromatic heterocycles. The molecule has 0 unspecified atom stereocenters. The molecule has 2 rings (SSSR count). The number of amides is 2. The van der Waals surface area contributed by atoms with Crippen LogP contribution >= 0.6 is 22.9 Å². The fourth-order valence-corrected chi connectivity index (χ4v) is 2.64. The fraction of sp³-hybridized carbons (Fsp3) is 0.214. The van der Waals surface area contributed by atoms with E-state index < -0.39 is 5.91 Å². The Balaban J connectivity index is 1.81. The first-order chi connectivity index (χ1) is 10.5. The van der Waals surface area contributed by atoms with Gasteiger partial charge in [0.05, 0.1) is 0 Å². The van der Waals surface area contributed by atoms with E-state index in [0.29, 0.717) is 10.6 Å². The van der Waals surface area contributed by atoms with Crippen LogP contribution in [0.25, 0.3) is 0 Å². The van der Waals surface area contributed by atoms with Crippen LogP contribution in [0, 0.1) is 6.92 Å². The molecule has 0 bridgehead atoms. The molecule has 0 aliphatic rings. The minimum absolute atomic E-state index is 0.0956. The fourth-order valence-electron chi connectivity index (χ4n) is 1.75. The lowest BCUT2D eigenvalue weighted by molar-refractivity contribution is -0.122. The summed E-state index contributed by atoms with van der Waals surface area (Å²) in [4.78, 5) is 34.9. The maximum atomic E-state index is 11.8. The molecule has 2 N–H and O–H groups in total. The van der Waals surface area contributed by atoms with Crippen LogP contribution in [-0.4, -0.2) is 16.4 Å². The van der Waals surface area contributed by atoms with E-state index in [-0.39, 0.29) is 23.7 Å². The molecule has 6 nitrogen and oxygen atoms in total. The number of hydrazine groups is 1. The van der Waals surface area contributed by atoms with Crippen molar-refractivity contribution in [3.8, 4) is 0 Å². The van der Waals surface area contributed by atoms with Crippen molar-refractivity contribution in [2.24, 2.45) is 0 Å². The van der Waals surface area contributed by atoms with Gasteiger partial charge in [0.25, 0.3) is 5.91 Å². The molecular weight excluding hydrogens is 326 g/mol. The van der Waals surface area contributed by atoms with Crippen LogP contribution in [0.5, 0.6) is 0 Å². The van der Waals surface area contributed by atoms with Gasteiger partial charge in [0, 0.05) is 34.6 Å². The summed E-state index contributed by atoms with van der Waals surface area (Å²) in [5.74, 6) is -0.811. The number of carbonyl (C=O) groups is 2. The van der Waals surface area contributed by atoms with Crippen molar-refractivity contribution in [3.63, 3.8) is 0 Å². The Labute approximate surface area is 135 Å². The molecule has 0 aliphatic carbocycles. The molecule has 0 fully saturated rings. The molecule has 2 aromatic rings. The molecule has 0 saturated carbocycles. The minimum Gasteiger partial charge on any atom is -0.303 e. The molecular formula is C14H14ClN3O3S. The van der Waals surface area contributed by atoms with E-state index in [9.17, 15) is 14.4 Å². The lowest BCUT2D eigenvalue weighted by Gasteiger charge is -2.08. The summed E-state index contributed by atoms with van der Waals surface area (Å²) in [5.41, 5.74) is 5.82. The highest BCUT2D eigenvalue weighted by atomic mass is 35.5. The van der Waals surface area contributed by atoms with Gasteiger partial charge in [-0.3, -0.25) is 25.2 Å². The number of nitrogens with zero attached hydrogens (tertiary/aromatic N) is 1. The van der Waals surface area contributed by atoms with Crippen molar-refractivity contribution in [3.05, 3.63) is 55.6 Å². The summed E-state index contributed by atoms with van der Waals surface area (Å²) in [5, 5.41) is 2.26. The van der Waals surface area contributed by atoms with Crippen molar-refractivity contribution in [1.82, 2.24) is 15.4 Å². The molecule has 0 atom stereocenters. The number of rotatable bonds is 4. The molecule has 8 heteroatoms. The van der Waals surface area contributed by atoms with Crippen molar-refractivity contribution in [1.29, 1.82) is 0 Å². The molecule has 116 valence electrons. The van der Waals surface area contributed by atoms with Gasteiger partial charge in [0.15, 0.2) is 0 Å². The van der Waals surface area contributed by atoms with Gasteiger partial charge in [0.2, 0.25) is 5.91 Å². The zero-order valence-corrected chi connectivity index (χ0v) is 13.3. The predicted octanol–water partition coefficient (Wildman–Crippen LogP) is 1.72. The molecule has 22 heavy (non-hydrogen) atoms. The molecule has 2 amide bonds.